The maximum atomic E-state index is 3.83. The molecule has 3 nitrogen and oxygen atoms in total. The highest BCUT2D eigenvalue weighted by atomic mass is 79.9. The van der Waals surface area contributed by atoms with Crippen molar-refractivity contribution in [2.75, 3.05) is 36.4 Å². The fourth-order valence-electron chi connectivity index (χ4n) is 5.19. The first-order chi connectivity index (χ1) is 13.2. The molecule has 0 amide bonds. The van der Waals surface area contributed by atoms with E-state index < -0.39 is 0 Å². The molecule has 0 aromatic heterocycles. The second kappa shape index (κ2) is 7.14. The molecule has 1 atom stereocenters. The number of anilines is 2. The lowest BCUT2D eigenvalue weighted by atomic mass is 9.89. The molecule has 1 saturated heterocycles. The fraction of sp³-hybridized carbons (Fsp3) is 0.478. The van der Waals surface area contributed by atoms with Gasteiger partial charge in [0.25, 0.3) is 0 Å². The summed E-state index contributed by atoms with van der Waals surface area (Å²) in [6, 6.07) is 13.7. The van der Waals surface area contributed by atoms with Gasteiger partial charge in [-0.05, 0) is 86.5 Å². The zero-order valence-electron chi connectivity index (χ0n) is 16.0. The number of aryl methyl sites for hydroxylation is 2. The molecule has 4 heteroatoms. The normalized spacial score (nSPS) is 22.6. The van der Waals surface area contributed by atoms with E-state index in [1.165, 1.54) is 72.3 Å². The topological polar surface area (TPSA) is 18.5 Å². The summed E-state index contributed by atoms with van der Waals surface area (Å²) in [6.07, 6.45) is 5.48. The number of nitrogens with one attached hydrogen (secondary N) is 1. The van der Waals surface area contributed by atoms with Crippen molar-refractivity contribution < 1.29 is 0 Å². The van der Waals surface area contributed by atoms with Gasteiger partial charge in [0.1, 0.15) is 6.17 Å². The third-order valence-corrected chi connectivity index (χ3v) is 7.05. The molecule has 1 fully saturated rings. The summed E-state index contributed by atoms with van der Waals surface area (Å²) >= 11 is 3.55. The van der Waals surface area contributed by atoms with Gasteiger partial charge in [-0.1, -0.05) is 34.1 Å². The number of rotatable bonds is 3. The maximum absolute atomic E-state index is 3.83. The zero-order chi connectivity index (χ0) is 18.4. The second-order valence-corrected chi connectivity index (χ2v) is 9.32. The molecule has 5 rings (SSSR count). The average Bonchev–Trinajstić information content (AvgIpc) is 3.02. The van der Waals surface area contributed by atoms with E-state index in [2.05, 4.69) is 74.4 Å². The summed E-state index contributed by atoms with van der Waals surface area (Å²) in [5.41, 5.74) is 7.27. The predicted octanol–water partition coefficient (Wildman–Crippen LogP) is 5.14. The Hall–Kier alpha value is -1.52. The van der Waals surface area contributed by atoms with Crippen molar-refractivity contribution in [3.63, 3.8) is 0 Å². The molecule has 0 spiro atoms. The van der Waals surface area contributed by atoms with E-state index >= 15 is 0 Å². The molecule has 3 heterocycles. The van der Waals surface area contributed by atoms with Crippen LogP contribution in [0.2, 0.25) is 0 Å². The number of nitrogens with zero attached hydrogens (tertiary/aromatic N) is 2. The Morgan fingerprint density at radius 2 is 1.85 bits per heavy atom. The lowest BCUT2D eigenvalue weighted by Crippen LogP contribution is -2.48. The lowest BCUT2D eigenvalue weighted by Gasteiger charge is -2.37. The molecule has 3 aliphatic rings. The van der Waals surface area contributed by atoms with E-state index in [4.69, 9.17) is 0 Å². The largest absolute Gasteiger partial charge is 0.362 e. The van der Waals surface area contributed by atoms with Crippen molar-refractivity contribution in [2.45, 2.75) is 44.7 Å². The highest BCUT2D eigenvalue weighted by molar-refractivity contribution is 9.10. The van der Waals surface area contributed by atoms with Gasteiger partial charge >= 0.3 is 0 Å². The molecule has 0 saturated carbocycles. The van der Waals surface area contributed by atoms with Gasteiger partial charge in [0.2, 0.25) is 0 Å². The van der Waals surface area contributed by atoms with Crippen LogP contribution in [0.1, 0.15) is 41.9 Å². The van der Waals surface area contributed by atoms with Gasteiger partial charge in [-0.25, -0.2) is 0 Å². The molecule has 0 radical (unpaired) electrons. The molecule has 27 heavy (non-hydrogen) atoms. The predicted molar refractivity (Wildman–Crippen MR) is 117 cm³/mol. The number of likely N-dealkylation sites (tertiary alicyclic amines) is 1. The lowest BCUT2D eigenvalue weighted by molar-refractivity contribution is 0.204. The molecule has 1 N–H and O–H groups in total. The van der Waals surface area contributed by atoms with E-state index in [1.54, 1.807) is 5.56 Å². The van der Waals surface area contributed by atoms with E-state index in [9.17, 15) is 0 Å². The first-order valence-corrected chi connectivity index (χ1v) is 11.1. The average molecular weight is 426 g/mol. The summed E-state index contributed by atoms with van der Waals surface area (Å²) in [5.74, 6) is 0.715. The molecule has 2 aromatic rings. The first-order valence-electron chi connectivity index (χ1n) is 10.3. The van der Waals surface area contributed by atoms with Crippen molar-refractivity contribution >= 4 is 27.3 Å². The van der Waals surface area contributed by atoms with Crippen molar-refractivity contribution in [1.29, 1.82) is 0 Å². The van der Waals surface area contributed by atoms with Crippen LogP contribution >= 0.6 is 15.9 Å². The van der Waals surface area contributed by atoms with Gasteiger partial charge in [0.15, 0.2) is 0 Å². The van der Waals surface area contributed by atoms with Gasteiger partial charge in [0.05, 0.1) is 11.4 Å². The van der Waals surface area contributed by atoms with Crippen LogP contribution in [0.15, 0.2) is 40.9 Å². The third-order valence-electron chi connectivity index (χ3n) is 6.52. The maximum Gasteiger partial charge on any atom is 0.112 e. The van der Waals surface area contributed by atoms with Crippen LogP contribution in [0.3, 0.4) is 0 Å². The van der Waals surface area contributed by atoms with Crippen LogP contribution in [0.25, 0.3) is 0 Å². The van der Waals surface area contributed by atoms with Crippen molar-refractivity contribution in [1.82, 2.24) is 4.90 Å². The Labute approximate surface area is 170 Å². The highest BCUT2D eigenvalue weighted by Gasteiger charge is 2.34. The van der Waals surface area contributed by atoms with Gasteiger partial charge in [0, 0.05) is 17.6 Å². The van der Waals surface area contributed by atoms with E-state index in [0.717, 1.165) is 6.54 Å². The molecule has 2 aromatic carbocycles. The Morgan fingerprint density at radius 3 is 2.63 bits per heavy atom. The SMILES string of the molecule is Cc1cc2c3c(c1)NC(CN1CCC(c4ccc(Br)cc4)CC1)N3CCC2. The van der Waals surface area contributed by atoms with Crippen LogP contribution in [0.5, 0.6) is 0 Å². The second-order valence-electron chi connectivity index (χ2n) is 8.40. The molecular weight excluding hydrogens is 398 g/mol. The Balaban J connectivity index is 1.24. The number of hydrogen-bond acceptors (Lipinski definition) is 3. The molecule has 0 bridgehead atoms. The monoisotopic (exact) mass is 425 g/mol. The quantitative estimate of drug-likeness (QED) is 0.733. The van der Waals surface area contributed by atoms with Crippen LogP contribution in [0, 0.1) is 6.92 Å². The van der Waals surface area contributed by atoms with Crippen LogP contribution in [0.4, 0.5) is 11.4 Å². The van der Waals surface area contributed by atoms with E-state index in [0.29, 0.717) is 12.1 Å². The summed E-state index contributed by atoms with van der Waals surface area (Å²) < 4.78 is 1.17. The van der Waals surface area contributed by atoms with Crippen molar-refractivity contribution in [3.8, 4) is 0 Å². The summed E-state index contributed by atoms with van der Waals surface area (Å²) in [4.78, 5) is 5.30. The van der Waals surface area contributed by atoms with E-state index in [1.807, 2.05) is 0 Å². The van der Waals surface area contributed by atoms with Crippen LogP contribution in [-0.4, -0.2) is 37.2 Å². The number of piperidine rings is 1. The molecule has 142 valence electrons. The Bertz CT molecular complexity index is 824. The van der Waals surface area contributed by atoms with Gasteiger partial charge < -0.3 is 10.2 Å². The summed E-state index contributed by atoms with van der Waals surface area (Å²) in [6.45, 7) is 6.94. The fourth-order valence-corrected chi connectivity index (χ4v) is 5.45. The van der Waals surface area contributed by atoms with E-state index in [-0.39, 0.29) is 0 Å². The summed E-state index contributed by atoms with van der Waals surface area (Å²) in [5, 5.41) is 3.83. The Morgan fingerprint density at radius 1 is 1.07 bits per heavy atom. The van der Waals surface area contributed by atoms with Gasteiger partial charge in [-0.2, -0.15) is 0 Å². The third kappa shape index (κ3) is 3.38. The van der Waals surface area contributed by atoms with Crippen molar-refractivity contribution in [3.05, 3.63) is 57.6 Å². The standard InChI is InChI=1S/C23H28BrN3/c1-16-13-19-3-2-10-27-22(25-21(14-16)23(19)27)15-26-11-8-18(9-12-26)17-4-6-20(24)7-5-17/h4-7,13-14,18,22,25H,2-3,8-12,15H2,1H3. The molecule has 1 unspecified atom stereocenters. The molecule has 3 aliphatic heterocycles. The van der Waals surface area contributed by atoms with Crippen LogP contribution < -0.4 is 10.2 Å². The minimum atomic E-state index is 0.435. The summed E-state index contributed by atoms with van der Waals surface area (Å²) in [7, 11) is 0. The smallest absolute Gasteiger partial charge is 0.112 e. The first kappa shape index (κ1) is 17.6. The minimum absolute atomic E-state index is 0.435. The van der Waals surface area contributed by atoms with Gasteiger partial charge in [-0.3, -0.25) is 4.90 Å². The Kier molecular flexibility index (Phi) is 4.65. The van der Waals surface area contributed by atoms with Crippen molar-refractivity contribution in [2.24, 2.45) is 0 Å². The van der Waals surface area contributed by atoms with Crippen LogP contribution in [-0.2, 0) is 6.42 Å². The number of hydrogen-bond donors (Lipinski definition) is 1. The number of benzene rings is 2. The van der Waals surface area contributed by atoms with Gasteiger partial charge in [-0.15, -0.1) is 0 Å². The zero-order valence-corrected chi connectivity index (χ0v) is 17.6. The highest BCUT2D eigenvalue weighted by Crippen LogP contribution is 2.42. The molecular formula is C23H28BrN3. The number of halogens is 1. The molecule has 0 aliphatic carbocycles. The minimum Gasteiger partial charge on any atom is -0.362 e.